The number of imide groups is 1. The smallest absolute Gasteiger partial charge is 0.415 e. The second-order valence-corrected chi connectivity index (χ2v) is 16.6. The maximum Gasteiger partial charge on any atom is 0.415 e. The van der Waals surface area contributed by atoms with Crippen molar-refractivity contribution >= 4 is 34.8 Å². The largest absolute Gasteiger partial charge is 0.476 e. The average Bonchev–Trinajstić information content (AvgIpc) is 3.74. The molecule has 13 heteroatoms. The Morgan fingerprint density at radius 1 is 0.966 bits per heavy atom. The molecule has 2 atom stereocenters. The molecule has 0 bridgehead atoms. The van der Waals surface area contributed by atoms with E-state index in [4.69, 9.17) is 19.2 Å². The van der Waals surface area contributed by atoms with Crippen molar-refractivity contribution in [3.8, 4) is 17.1 Å². The number of carbonyl (C=O) groups is 4. The number of unbranched alkanes of at least 4 members (excludes halogenated alkanes) is 1. The van der Waals surface area contributed by atoms with Crippen LogP contribution in [-0.2, 0) is 49.0 Å². The molecule has 0 N–H and O–H groups in total. The van der Waals surface area contributed by atoms with Crippen LogP contribution in [0, 0.1) is 5.92 Å². The summed E-state index contributed by atoms with van der Waals surface area (Å²) in [5.74, 6) is -0.852. The Labute approximate surface area is 346 Å². The van der Waals surface area contributed by atoms with Crippen LogP contribution in [-0.4, -0.2) is 86.9 Å². The fourth-order valence-electron chi connectivity index (χ4n) is 9.25. The Balaban J connectivity index is 0.00000126. The lowest BCUT2D eigenvalue weighted by atomic mass is 9.85. The van der Waals surface area contributed by atoms with Crippen molar-refractivity contribution in [2.45, 2.75) is 130 Å². The summed E-state index contributed by atoms with van der Waals surface area (Å²) in [6, 6.07) is 7.82. The highest BCUT2D eigenvalue weighted by Crippen LogP contribution is 2.43. The summed E-state index contributed by atoms with van der Waals surface area (Å²) in [5.41, 5.74) is 2.59. The lowest BCUT2D eigenvalue weighted by molar-refractivity contribution is -0.175. The summed E-state index contributed by atoms with van der Waals surface area (Å²) >= 11 is 0. The van der Waals surface area contributed by atoms with Gasteiger partial charge < -0.3 is 28.6 Å². The molecule has 8 rings (SSSR count). The van der Waals surface area contributed by atoms with E-state index < -0.39 is 11.6 Å². The fraction of sp³-hybridized carbons (Fsp3) is 0.565. The van der Waals surface area contributed by atoms with Gasteiger partial charge in [-0.25, -0.2) is 14.6 Å². The Morgan fingerprint density at radius 2 is 1.69 bits per heavy atom. The first-order valence-electron chi connectivity index (χ1n) is 21.8. The topological polar surface area (TPSA) is 141 Å². The standard InChI is InChI=1S/C42H49N5O8.C4H10/c1-5-29-30-21-28(54-41(52)45-17-13-27(14-18-45)44-15-8-7-9-16-44)10-11-34(30)43-37-31(29)23-47-35(37)22-33-32(39(47)50)24-53-40(51)42(33,6-2)55-26(4)12-19-46-36(48)20-25(3)38(46)49;1-3-4-2/h10-11,21-22,25,27H,4-9,12-20,23-24H2,1-3H3;3-4H2,1-2H3/t25?,42-;/m0./s1. The number of hydrogen-bond acceptors (Lipinski definition) is 10. The zero-order valence-corrected chi connectivity index (χ0v) is 35.4. The lowest BCUT2D eigenvalue weighted by Gasteiger charge is -2.39. The number of carbonyl (C=O) groups excluding carboxylic acids is 4. The molecular weight excluding hydrogens is 751 g/mol. The summed E-state index contributed by atoms with van der Waals surface area (Å²) in [5, 5.41) is 0.853. The molecule has 316 valence electrons. The minimum Gasteiger partial charge on any atom is -0.476 e. The van der Waals surface area contributed by atoms with Crippen molar-refractivity contribution in [1.82, 2.24) is 24.3 Å². The van der Waals surface area contributed by atoms with Gasteiger partial charge in [0.1, 0.15) is 12.4 Å². The van der Waals surface area contributed by atoms with E-state index >= 15 is 0 Å². The zero-order chi connectivity index (χ0) is 42.0. The SMILES string of the molecule is C=C(CCN1C(=O)CC(C)C1=O)O[C@]1(CC)C(=O)OCc2c1cc1n(c2=O)Cc2c-1nc1ccc(OC(=O)N3CCC(N4CCCCC4)CC3)cc1c2CC.CCCC. The number of hydrogen-bond donors (Lipinski definition) is 0. The van der Waals surface area contributed by atoms with Crippen LogP contribution in [0.15, 0.2) is 41.4 Å². The first-order valence-corrected chi connectivity index (χ1v) is 21.8. The number of nitrogens with zero attached hydrogens (tertiary/aromatic N) is 5. The van der Waals surface area contributed by atoms with Crippen molar-refractivity contribution in [2.75, 3.05) is 32.7 Å². The molecule has 0 aliphatic carbocycles. The van der Waals surface area contributed by atoms with E-state index in [0.717, 1.165) is 42.4 Å². The number of cyclic esters (lactones) is 1. The number of pyridine rings is 2. The van der Waals surface area contributed by atoms with Crippen LogP contribution in [0.25, 0.3) is 22.3 Å². The van der Waals surface area contributed by atoms with Gasteiger partial charge in [-0.1, -0.05) is 60.5 Å². The van der Waals surface area contributed by atoms with Crippen LogP contribution >= 0.6 is 0 Å². The second-order valence-electron chi connectivity index (χ2n) is 16.6. The molecule has 0 spiro atoms. The molecule has 7 heterocycles. The van der Waals surface area contributed by atoms with Crippen molar-refractivity contribution in [3.05, 3.63) is 69.2 Å². The van der Waals surface area contributed by atoms with Gasteiger partial charge in [0.15, 0.2) is 0 Å². The van der Waals surface area contributed by atoms with Crippen molar-refractivity contribution in [2.24, 2.45) is 5.92 Å². The molecule has 0 radical (unpaired) electrons. The number of piperidine rings is 2. The zero-order valence-electron chi connectivity index (χ0n) is 35.4. The van der Waals surface area contributed by atoms with Gasteiger partial charge in [-0.3, -0.25) is 19.3 Å². The summed E-state index contributed by atoms with van der Waals surface area (Å²) in [6.45, 7) is 17.8. The number of aryl methyl sites for hydroxylation is 1. The summed E-state index contributed by atoms with van der Waals surface area (Å²) in [7, 11) is 0. The highest BCUT2D eigenvalue weighted by atomic mass is 16.6. The molecule has 1 aromatic carbocycles. The predicted molar refractivity (Wildman–Crippen MR) is 224 cm³/mol. The number of likely N-dealkylation sites (tertiary alicyclic amines) is 3. The number of fused-ring (bicyclic) bond motifs is 5. The fourth-order valence-corrected chi connectivity index (χ4v) is 9.25. The molecule has 13 nitrogen and oxygen atoms in total. The molecule has 3 fully saturated rings. The minimum absolute atomic E-state index is 0.0813. The van der Waals surface area contributed by atoms with Crippen molar-refractivity contribution in [1.29, 1.82) is 0 Å². The number of ether oxygens (including phenoxy) is 3. The first kappa shape index (κ1) is 42.1. The van der Waals surface area contributed by atoms with E-state index in [9.17, 15) is 24.0 Å². The van der Waals surface area contributed by atoms with Crippen LogP contribution in [0.3, 0.4) is 0 Å². The Morgan fingerprint density at radius 3 is 2.34 bits per heavy atom. The summed E-state index contributed by atoms with van der Waals surface area (Å²) < 4.78 is 19.5. The third-order valence-electron chi connectivity index (χ3n) is 12.8. The Bertz CT molecular complexity index is 2200. The summed E-state index contributed by atoms with van der Waals surface area (Å²) in [4.78, 5) is 76.6. The molecule has 5 aliphatic rings. The van der Waals surface area contributed by atoms with Crippen molar-refractivity contribution in [3.63, 3.8) is 0 Å². The van der Waals surface area contributed by atoms with Crippen LogP contribution in [0.1, 0.15) is 121 Å². The van der Waals surface area contributed by atoms with E-state index in [0.29, 0.717) is 59.3 Å². The highest BCUT2D eigenvalue weighted by molar-refractivity contribution is 6.03. The minimum atomic E-state index is -1.65. The van der Waals surface area contributed by atoms with Gasteiger partial charge in [0.25, 0.3) is 5.56 Å². The van der Waals surface area contributed by atoms with Gasteiger partial charge in [-0.05, 0) is 81.4 Å². The van der Waals surface area contributed by atoms with Crippen LogP contribution in [0.2, 0.25) is 0 Å². The van der Waals surface area contributed by atoms with Gasteiger partial charge in [0.2, 0.25) is 17.4 Å². The second kappa shape index (κ2) is 17.7. The first-order chi connectivity index (χ1) is 28.4. The molecule has 5 aliphatic heterocycles. The molecule has 3 aromatic rings. The van der Waals surface area contributed by atoms with Crippen LogP contribution in [0.4, 0.5) is 4.79 Å². The van der Waals surface area contributed by atoms with Crippen LogP contribution < -0.4 is 10.3 Å². The maximum atomic E-state index is 14.2. The van der Waals surface area contributed by atoms with Gasteiger partial charge in [-0.15, -0.1) is 0 Å². The monoisotopic (exact) mass is 809 g/mol. The molecule has 59 heavy (non-hydrogen) atoms. The lowest BCUT2D eigenvalue weighted by Crippen LogP contribution is -2.48. The van der Waals surface area contributed by atoms with E-state index in [1.54, 1.807) is 29.4 Å². The third-order valence-corrected chi connectivity index (χ3v) is 12.8. The number of aromatic nitrogens is 2. The van der Waals surface area contributed by atoms with Gasteiger partial charge in [0.05, 0.1) is 34.8 Å². The normalized spacial score (nSPS) is 21.7. The van der Waals surface area contributed by atoms with Gasteiger partial charge in [-0.2, -0.15) is 0 Å². The Hall–Kier alpha value is -5.04. The number of esters is 1. The highest BCUT2D eigenvalue weighted by Gasteiger charge is 2.50. The van der Waals surface area contributed by atoms with E-state index in [2.05, 4.69) is 32.3 Å². The number of amides is 3. The number of rotatable bonds is 10. The Kier molecular flexibility index (Phi) is 12.6. The molecule has 2 aromatic heterocycles. The predicted octanol–water partition coefficient (Wildman–Crippen LogP) is 7.22. The van der Waals surface area contributed by atoms with Gasteiger partial charge in [0, 0.05) is 60.9 Å². The number of benzene rings is 1. The van der Waals surface area contributed by atoms with Gasteiger partial charge >= 0.3 is 12.1 Å². The molecule has 3 saturated heterocycles. The van der Waals surface area contributed by atoms with E-state index in [1.165, 1.54) is 37.0 Å². The quantitative estimate of drug-likeness (QED) is 0.0917. The van der Waals surface area contributed by atoms with Crippen molar-refractivity contribution < 1.29 is 33.4 Å². The van der Waals surface area contributed by atoms with E-state index in [-0.39, 0.29) is 74.1 Å². The maximum absolute atomic E-state index is 14.2. The van der Waals surface area contributed by atoms with E-state index in [1.807, 2.05) is 18.2 Å². The molecule has 1 unspecified atom stereocenters. The average molecular weight is 810 g/mol. The summed E-state index contributed by atoms with van der Waals surface area (Å²) in [6.07, 6.45) is 9.10. The molecule has 0 saturated carbocycles. The molecule has 3 amide bonds. The molecular formula is C46H59N5O8. The van der Waals surface area contributed by atoms with Crippen LogP contribution in [0.5, 0.6) is 5.75 Å². The third kappa shape index (κ3) is 8.02.